The lowest BCUT2D eigenvalue weighted by Crippen LogP contribution is -2.23. The summed E-state index contributed by atoms with van der Waals surface area (Å²) in [5, 5.41) is 7.59. The van der Waals surface area contributed by atoms with Crippen LogP contribution in [-0.4, -0.2) is 29.5 Å². The summed E-state index contributed by atoms with van der Waals surface area (Å²) < 4.78 is 12.7. The summed E-state index contributed by atoms with van der Waals surface area (Å²) in [6.07, 6.45) is 2.40. The van der Waals surface area contributed by atoms with E-state index >= 15 is 0 Å². The van der Waals surface area contributed by atoms with E-state index in [2.05, 4.69) is 15.4 Å². The Bertz CT molecular complexity index is 1020. The maximum Gasteiger partial charge on any atom is 0.341 e. The van der Waals surface area contributed by atoms with Gasteiger partial charge in [-0.25, -0.2) is 9.48 Å². The Morgan fingerprint density at radius 3 is 2.72 bits per heavy atom. The molecule has 7 heteroatoms. The highest BCUT2D eigenvalue weighted by molar-refractivity contribution is 5.74. The van der Waals surface area contributed by atoms with Crippen molar-refractivity contribution in [2.75, 3.05) is 13.7 Å². The van der Waals surface area contributed by atoms with Gasteiger partial charge >= 0.3 is 6.03 Å². The summed E-state index contributed by atoms with van der Waals surface area (Å²) >= 11 is 0. The Balaban J connectivity index is 1.78. The van der Waals surface area contributed by atoms with Crippen LogP contribution in [0.5, 0.6) is 11.6 Å². The number of nitrogens with zero attached hydrogens (tertiary/aromatic N) is 3. The largest absolute Gasteiger partial charge is 0.497 e. The number of ether oxygens (including phenoxy) is 2. The van der Waals surface area contributed by atoms with Crippen LogP contribution in [0.2, 0.25) is 0 Å². The molecule has 0 aliphatic heterocycles. The lowest BCUT2D eigenvalue weighted by atomic mass is 10.2. The van der Waals surface area contributed by atoms with Crippen LogP contribution in [-0.2, 0) is 6.54 Å². The van der Waals surface area contributed by atoms with Crippen LogP contribution in [0.3, 0.4) is 0 Å². The van der Waals surface area contributed by atoms with E-state index in [9.17, 15) is 4.79 Å². The number of nitrogens with one attached hydrogen (secondary N) is 1. The first-order valence-electron chi connectivity index (χ1n) is 9.42. The predicted molar refractivity (Wildman–Crippen MR) is 110 cm³/mol. The summed E-state index contributed by atoms with van der Waals surface area (Å²) in [4.78, 5) is 16.3. The molecule has 3 aromatic rings. The number of para-hydroxylation sites is 1. The van der Waals surface area contributed by atoms with Crippen LogP contribution in [0, 0.1) is 0 Å². The Morgan fingerprint density at radius 1 is 1.14 bits per heavy atom. The summed E-state index contributed by atoms with van der Waals surface area (Å²) in [5.74, 6) is 1.27. The van der Waals surface area contributed by atoms with Crippen molar-refractivity contribution in [3.05, 3.63) is 77.8 Å². The first-order chi connectivity index (χ1) is 14.2. The summed E-state index contributed by atoms with van der Waals surface area (Å²) in [6, 6.07) is 18.4. The fraction of sp³-hybridized carbons (Fsp3) is 0.227. The van der Waals surface area contributed by atoms with Crippen molar-refractivity contribution in [3.8, 4) is 17.3 Å². The van der Waals surface area contributed by atoms with Gasteiger partial charge in [0.2, 0.25) is 5.88 Å². The predicted octanol–water partition coefficient (Wildman–Crippen LogP) is 3.48. The Hall–Kier alpha value is -3.61. The number of hydrogen-bond acceptors (Lipinski definition) is 4. The van der Waals surface area contributed by atoms with Gasteiger partial charge in [-0.1, -0.05) is 37.3 Å². The molecule has 0 radical (unpaired) electrons. The molecule has 1 heterocycles. The fourth-order valence-electron chi connectivity index (χ4n) is 2.65. The maximum absolute atomic E-state index is 12.2. The highest BCUT2D eigenvalue weighted by atomic mass is 16.5. The first-order valence-corrected chi connectivity index (χ1v) is 9.42. The molecule has 150 valence electrons. The van der Waals surface area contributed by atoms with Gasteiger partial charge in [0.05, 0.1) is 31.0 Å². The number of aromatic nitrogens is 2. The molecule has 3 rings (SSSR count). The number of benzene rings is 2. The van der Waals surface area contributed by atoms with Crippen LogP contribution in [0.15, 0.2) is 71.9 Å². The van der Waals surface area contributed by atoms with Crippen molar-refractivity contribution in [3.63, 3.8) is 0 Å². The minimum Gasteiger partial charge on any atom is -0.497 e. The monoisotopic (exact) mass is 392 g/mol. The number of amides is 2. The molecule has 1 N–H and O–H groups in total. The molecule has 2 aromatic carbocycles. The zero-order valence-corrected chi connectivity index (χ0v) is 16.5. The van der Waals surface area contributed by atoms with Gasteiger partial charge in [0.15, 0.2) is 0 Å². The molecule has 0 aliphatic rings. The zero-order chi connectivity index (χ0) is 20.5. The van der Waals surface area contributed by atoms with Crippen LogP contribution in [0.4, 0.5) is 4.79 Å². The van der Waals surface area contributed by atoms with Crippen molar-refractivity contribution in [1.82, 2.24) is 15.1 Å². The molecule has 1 aromatic heterocycles. The van der Waals surface area contributed by atoms with Gasteiger partial charge in [-0.05, 0) is 36.2 Å². The van der Waals surface area contributed by atoms with Crippen LogP contribution in [0.1, 0.15) is 18.9 Å². The molecule has 0 bridgehead atoms. The van der Waals surface area contributed by atoms with Crippen molar-refractivity contribution in [2.45, 2.75) is 19.9 Å². The number of methoxy groups -OCH3 is 1. The molecule has 0 unspecified atom stereocenters. The molecular weight excluding hydrogens is 368 g/mol. The summed E-state index contributed by atoms with van der Waals surface area (Å²) in [7, 11) is 1.61. The average Bonchev–Trinajstić information content (AvgIpc) is 2.77. The lowest BCUT2D eigenvalue weighted by molar-refractivity contribution is 0.248. The Kier molecular flexibility index (Phi) is 7.00. The van der Waals surface area contributed by atoms with E-state index in [-0.39, 0.29) is 0 Å². The molecule has 2 amide bonds. The number of carbonyl (C=O) groups is 1. The van der Waals surface area contributed by atoms with Gasteiger partial charge in [-0.3, -0.25) is 0 Å². The van der Waals surface area contributed by atoms with E-state index in [0.29, 0.717) is 24.4 Å². The number of hydrogen-bond donors (Lipinski definition) is 1. The van der Waals surface area contributed by atoms with E-state index in [1.165, 1.54) is 6.20 Å². The third-order valence-corrected chi connectivity index (χ3v) is 4.05. The van der Waals surface area contributed by atoms with Gasteiger partial charge in [-0.15, -0.1) is 0 Å². The second-order valence-corrected chi connectivity index (χ2v) is 6.27. The molecule has 0 spiro atoms. The molecule has 0 aliphatic carbocycles. The summed E-state index contributed by atoms with van der Waals surface area (Å²) in [6.45, 7) is 2.92. The maximum atomic E-state index is 12.2. The number of carbonyl (C=O) groups excluding carboxylic acids is 1. The van der Waals surface area contributed by atoms with Crippen molar-refractivity contribution in [1.29, 1.82) is 0 Å². The topological polar surface area (TPSA) is 77.7 Å². The average molecular weight is 392 g/mol. The SMILES string of the molecule is CCCOc1cc(=NC(=O)NCc2cccc(OC)c2)cnn1-c1ccccc1. The second-order valence-electron chi connectivity index (χ2n) is 6.27. The Labute approximate surface area is 169 Å². The minimum atomic E-state index is -0.450. The molecule has 0 saturated heterocycles. The van der Waals surface area contributed by atoms with Crippen LogP contribution >= 0.6 is 0 Å². The van der Waals surface area contributed by atoms with Gasteiger partial charge in [0, 0.05) is 12.6 Å². The molecule has 0 saturated carbocycles. The fourth-order valence-corrected chi connectivity index (χ4v) is 2.65. The third-order valence-electron chi connectivity index (χ3n) is 4.05. The number of urea groups is 1. The first kappa shape index (κ1) is 20.1. The van der Waals surface area contributed by atoms with Crippen LogP contribution < -0.4 is 20.1 Å². The third kappa shape index (κ3) is 5.68. The van der Waals surface area contributed by atoms with E-state index in [0.717, 1.165) is 23.4 Å². The second kappa shape index (κ2) is 10.1. The minimum absolute atomic E-state index is 0.350. The van der Waals surface area contributed by atoms with E-state index in [4.69, 9.17) is 9.47 Å². The van der Waals surface area contributed by atoms with Gasteiger partial charge in [0.25, 0.3) is 0 Å². The van der Waals surface area contributed by atoms with Gasteiger partial charge in [-0.2, -0.15) is 10.1 Å². The number of rotatable bonds is 7. The lowest BCUT2D eigenvalue weighted by Gasteiger charge is -2.12. The highest BCUT2D eigenvalue weighted by Gasteiger charge is 2.06. The molecule has 29 heavy (non-hydrogen) atoms. The molecule has 0 atom stereocenters. The zero-order valence-electron chi connectivity index (χ0n) is 16.5. The molecular formula is C22H24N4O3. The van der Waals surface area contributed by atoms with Gasteiger partial charge in [0.1, 0.15) is 5.75 Å². The van der Waals surface area contributed by atoms with Crippen molar-refractivity contribution in [2.24, 2.45) is 4.99 Å². The molecule has 7 nitrogen and oxygen atoms in total. The van der Waals surface area contributed by atoms with E-state index in [1.54, 1.807) is 17.9 Å². The Morgan fingerprint density at radius 2 is 1.97 bits per heavy atom. The molecule has 0 fully saturated rings. The van der Waals surface area contributed by atoms with E-state index in [1.807, 2.05) is 61.5 Å². The standard InChI is InChI=1S/C22H24N4O3/c1-3-12-29-21-14-18(16-24-26(21)19-9-5-4-6-10-19)25-22(27)23-15-17-8-7-11-20(13-17)28-2/h4-11,13-14,16H,3,12,15H2,1-2H3,(H,23,27). The highest BCUT2D eigenvalue weighted by Crippen LogP contribution is 2.14. The van der Waals surface area contributed by atoms with E-state index < -0.39 is 6.03 Å². The quantitative estimate of drug-likeness (QED) is 0.668. The summed E-state index contributed by atoms with van der Waals surface area (Å²) in [5.41, 5.74) is 1.79. The normalized spacial score (nSPS) is 11.2. The smallest absolute Gasteiger partial charge is 0.341 e. The van der Waals surface area contributed by atoms with Crippen molar-refractivity contribution >= 4 is 6.03 Å². The van der Waals surface area contributed by atoms with Gasteiger partial charge < -0.3 is 14.8 Å². The van der Waals surface area contributed by atoms with Crippen molar-refractivity contribution < 1.29 is 14.3 Å². The van der Waals surface area contributed by atoms with Crippen LogP contribution in [0.25, 0.3) is 5.69 Å².